The molecule has 1 aliphatic heterocycles. The molecule has 0 unspecified atom stereocenters. The second-order valence-corrected chi connectivity index (χ2v) is 4.42. The fourth-order valence-corrected chi connectivity index (χ4v) is 2.29. The van der Waals surface area contributed by atoms with Crippen LogP contribution in [-0.4, -0.2) is 32.3 Å². The number of imide groups is 1. The minimum absolute atomic E-state index is 0.229. The van der Waals surface area contributed by atoms with E-state index in [4.69, 9.17) is 9.47 Å². The molecule has 0 radical (unpaired) electrons. The number of methoxy groups -OCH3 is 2. The highest BCUT2D eigenvalue weighted by Crippen LogP contribution is 2.22. The predicted octanol–water partition coefficient (Wildman–Crippen LogP) is 1.51. The van der Waals surface area contributed by atoms with E-state index in [2.05, 4.69) is 5.32 Å². The second-order valence-electron chi connectivity index (χ2n) is 4.42. The van der Waals surface area contributed by atoms with Crippen molar-refractivity contribution >= 4 is 11.8 Å². The molecule has 19 heavy (non-hydrogen) atoms. The maximum Gasteiger partial charge on any atom is 0.259 e. The normalized spacial score (nSPS) is 13.8. The van der Waals surface area contributed by atoms with Gasteiger partial charge in [-0.1, -0.05) is 12.1 Å². The van der Waals surface area contributed by atoms with Crippen molar-refractivity contribution in [3.63, 3.8) is 0 Å². The first-order chi connectivity index (χ1) is 9.17. The zero-order valence-corrected chi connectivity index (χ0v) is 11.1. The van der Waals surface area contributed by atoms with Crippen LogP contribution in [0.25, 0.3) is 0 Å². The van der Waals surface area contributed by atoms with E-state index in [0.717, 1.165) is 18.4 Å². The van der Waals surface area contributed by atoms with Crippen LogP contribution in [0.2, 0.25) is 0 Å². The van der Waals surface area contributed by atoms with Gasteiger partial charge in [-0.15, -0.1) is 0 Å². The maximum absolute atomic E-state index is 11.7. The van der Waals surface area contributed by atoms with Gasteiger partial charge in [0, 0.05) is 14.2 Å². The molecule has 2 rings (SSSR count). The van der Waals surface area contributed by atoms with Crippen LogP contribution in [0.3, 0.4) is 0 Å². The van der Waals surface area contributed by atoms with Crippen molar-refractivity contribution in [3.05, 3.63) is 34.9 Å². The van der Waals surface area contributed by atoms with Gasteiger partial charge < -0.3 is 9.47 Å². The number of fused-ring (bicyclic) bond motifs is 1. The van der Waals surface area contributed by atoms with Crippen molar-refractivity contribution in [2.45, 2.75) is 25.6 Å². The van der Waals surface area contributed by atoms with E-state index < -0.39 is 0 Å². The first-order valence-corrected chi connectivity index (χ1v) is 6.20. The molecule has 1 aliphatic rings. The Kier molecular flexibility index (Phi) is 4.29. The van der Waals surface area contributed by atoms with Crippen molar-refractivity contribution < 1.29 is 19.1 Å². The average Bonchev–Trinajstić information content (AvgIpc) is 2.71. The van der Waals surface area contributed by atoms with E-state index in [-0.39, 0.29) is 18.1 Å². The summed E-state index contributed by atoms with van der Waals surface area (Å²) >= 11 is 0. The lowest BCUT2D eigenvalue weighted by Gasteiger charge is -2.13. The number of rotatable bonds is 6. The maximum atomic E-state index is 11.7. The Morgan fingerprint density at radius 2 is 1.89 bits per heavy atom. The van der Waals surface area contributed by atoms with Gasteiger partial charge in [0.15, 0.2) is 6.29 Å². The molecule has 0 spiro atoms. The van der Waals surface area contributed by atoms with Crippen molar-refractivity contribution in [1.29, 1.82) is 0 Å². The molecule has 0 aromatic heterocycles. The van der Waals surface area contributed by atoms with Gasteiger partial charge in [0.2, 0.25) is 0 Å². The van der Waals surface area contributed by atoms with Crippen LogP contribution in [0.15, 0.2) is 18.2 Å². The lowest BCUT2D eigenvalue weighted by atomic mass is 9.98. The Labute approximate surface area is 111 Å². The van der Waals surface area contributed by atoms with Gasteiger partial charge in [-0.05, 0) is 30.9 Å². The molecule has 0 fully saturated rings. The number of hydrogen-bond acceptors (Lipinski definition) is 4. The molecule has 1 N–H and O–H groups in total. The number of nitrogens with one attached hydrogen (secondary N) is 1. The van der Waals surface area contributed by atoms with Crippen LogP contribution < -0.4 is 5.32 Å². The highest BCUT2D eigenvalue weighted by Gasteiger charge is 2.28. The molecule has 1 aromatic carbocycles. The minimum atomic E-state index is -0.312. The van der Waals surface area contributed by atoms with Gasteiger partial charge in [-0.25, -0.2) is 0 Å². The molecule has 5 heteroatoms. The molecular formula is C14H17NO4. The monoisotopic (exact) mass is 263 g/mol. The summed E-state index contributed by atoms with van der Waals surface area (Å²) in [5.41, 5.74) is 1.88. The Morgan fingerprint density at radius 1 is 1.16 bits per heavy atom. The molecule has 1 aromatic rings. The number of amides is 2. The number of ether oxygens (including phenoxy) is 2. The molecule has 102 valence electrons. The van der Waals surface area contributed by atoms with Gasteiger partial charge in [-0.2, -0.15) is 0 Å². The largest absolute Gasteiger partial charge is 0.356 e. The number of hydrogen-bond donors (Lipinski definition) is 1. The summed E-state index contributed by atoms with van der Waals surface area (Å²) in [5, 5.41) is 2.32. The third-order valence-electron chi connectivity index (χ3n) is 3.26. The van der Waals surface area contributed by atoms with Gasteiger partial charge in [0.25, 0.3) is 11.8 Å². The lowest BCUT2D eigenvalue weighted by Crippen LogP contribution is -2.20. The number of carbonyl (C=O) groups excluding carboxylic acids is 2. The Balaban J connectivity index is 2.06. The molecule has 1 heterocycles. The third-order valence-corrected chi connectivity index (χ3v) is 3.26. The fraction of sp³-hybridized carbons (Fsp3) is 0.429. The smallest absolute Gasteiger partial charge is 0.259 e. The summed E-state index contributed by atoms with van der Waals surface area (Å²) in [5.74, 6) is -0.612. The van der Waals surface area contributed by atoms with Crippen LogP contribution in [0.5, 0.6) is 0 Å². The molecule has 0 atom stereocenters. The highest BCUT2D eigenvalue weighted by atomic mass is 16.7. The molecule has 0 aliphatic carbocycles. The summed E-state index contributed by atoms with van der Waals surface area (Å²) < 4.78 is 10.2. The van der Waals surface area contributed by atoms with Crippen LogP contribution in [0.4, 0.5) is 0 Å². The predicted molar refractivity (Wildman–Crippen MR) is 69.0 cm³/mol. The van der Waals surface area contributed by atoms with Gasteiger partial charge in [-0.3, -0.25) is 14.9 Å². The zero-order valence-electron chi connectivity index (χ0n) is 11.1. The van der Waals surface area contributed by atoms with Crippen LogP contribution in [0, 0.1) is 0 Å². The molecule has 0 saturated carbocycles. The SMILES string of the molecule is COC(CCCc1cccc2c1C(=O)NC2=O)OC. The van der Waals surface area contributed by atoms with E-state index >= 15 is 0 Å². The van der Waals surface area contributed by atoms with E-state index in [1.54, 1.807) is 26.4 Å². The summed E-state index contributed by atoms with van der Waals surface area (Å²) in [4.78, 5) is 23.3. The first kappa shape index (κ1) is 13.7. The molecule has 2 amide bonds. The molecular weight excluding hydrogens is 246 g/mol. The van der Waals surface area contributed by atoms with E-state index in [0.29, 0.717) is 17.5 Å². The van der Waals surface area contributed by atoms with Crippen molar-refractivity contribution in [2.24, 2.45) is 0 Å². The third kappa shape index (κ3) is 2.83. The van der Waals surface area contributed by atoms with Crippen molar-refractivity contribution in [1.82, 2.24) is 5.32 Å². The van der Waals surface area contributed by atoms with Gasteiger partial charge in [0.1, 0.15) is 0 Å². The summed E-state index contributed by atoms with van der Waals surface area (Å²) in [6.45, 7) is 0. The number of aryl methyl sites for hydroxylation is 1. The standard InChI is InChI=1S/C14H17NO4/c1-18-11(19-2)8-4-6-9-5-3-7-10-12(9)14(17)15-13(10)16/h3,5,7,11H,4,6,8H2,1-2H3,(H,15,16,17). The fourth-order valence-electron chi connectivity index (χ4n) is 2.29. The summed E-state index contributed by atoms with van der Waals surface area (Å²) in [7, 11) is 3.20. The lowest BCUT2D eigenvalue weighted by molar-refractivity contribution is -0.106. The van der Waals surface area contributed by atoms with Crippen LogP contribution in [-0.2, 0) is 15.9 Å². The quantitative estimate of drug-likeness (QED) is 0.624. The van der Waals surface area contributed by atoms with E-state index in [1.807, 2.05) is 6.07 Å². The van der Waals surface area contributed by atoms with Crippen LogP contribution in [0.1, 0.15) is 39.1 Å². The van der Waals surface area contributed by atoms with Gasteiger partial charge >= 0.3 is 0 Å². The van der Waals surface area contributed by atoms with E-state index in [9.17, 15) is 9.59 Å². The number of benzene rings is 1. The Morgan fingerprint density at radius 3 is 2.58 bits per heavy atom. The molecule has 0 bridgehead atoms. The highest BCUT2D eigenvalue weighted by molar-refractivity contribution is 6.22. The van der Waals surface area contributed by atoms with Crippen molar-refractivity contribution in [3.8, 4) is 0 Å². The summed E-state index contributed by atoms with van der Waals surface area (Å²) in [6, 6.07) is 5.36. The molecule has 0 saturated heterocycles. The zero-order chi connectivity index (χ0) is 13.8. The molecule has 5 nitrogen and oxygen atoms in total. The Bertz CT molecular complexity index is 494. The van der Waals surface area contributed by atoms with Crippen LogP contribution >= 0.6 is 0 Å². The topological polar surface area (TPSA) is 64.6 Å². The van der Waals surface area contributed by atoms with Crippen molar-refractivity contribution in [2.75, 3.05) is 14.2 Å². The minimum Gasteiger partial charge on any atom is -0.356 e. The number of carbonyl (C=O) groups is 2. The second kappa shape index (κ2) is 5.95. The Hall–Kier alpha value is -1.72. The average molecular weight is 263 g/mol. The summed E-state index contributed by atoms with van der Waals surface area (Å²) in [6.07, 6.45) is 2.05. The first-order valence-electron chi connectivity index (χ1n) is 6.20. The van der Waals surface area contributed by atoms with E-state index in [1.165, 1.54) is 0 Å². The van der Waals surface area contributed by atoms with Gasteiger partial charge in [0.05, 0.1) is 11.1 Å².